The second-order valence-electron chi connectivity index (χ2n) is 3.61. The molecule has 0 saturated carbocycles. The van der Waals surface area contributed by atoms with Gasteiger partial charge in [-0.15, -0.1) is 0 Å². The third-order valence-electron chi connectivity index (χ3n) is 1.99. The predicted molar refractivity (Wildman–Crippen MR) is 63.1 cm³/mol. The lowest BCUT2D eigenvalue weighted by Gasteiger charge is -2.27. The van der Waals surface area contributed by atoms with Gasteiger partial charge in [0.25, 0.3) is 0 Å². The second-order valence-corrected chi connectivity index (χ2v) is 3.94. The average molecular weight is 244 g/mol. The van der Waals surface area contributed by atoms with Crippen LogP contribution in [-0.2, 0) is 4.79 Å². The molecule has 6 nitrogen and oxygen atoms in total. The summed E-state index contributed by atoms with van der Waals surface area (Å²) in [6.07, 6.45) is 1.40. The van der Waals surface area contributed by atoms with Crippen LogP contribution in [-0.4, -0.2) is 28.5 Å². The first-order chi connectivity index (χ1) is 7.41. The van der Waals surface area contributed by atoms with Crippen molar-refractivity contribution in [2.24, 2.45) is 5.73 Å². The van der Waals surface area contributed by atoms with E-state index in [0.29, 0.717) is 11.5 Å². The van der Waals surface area contributed by atoms with Gasteiger partial charge in [0.2, 0.25) is 11.2 Å². The Labute approximate surface area is 98.6 Å². The number of anilines is 2. The highest BCUT2D eigenvalue weighted by Gasteiger charge is 2.17. The molecule has 4 N–H and O–H groups in total. The maximum absolute atomic E-state index is 10.9. The highest BCUT2D eigenvalue weighted by atomic mass is 35.5. The summed E-state index contributed by atoms with van der Waals surface area (Å²) in [6.45, 7) is 3.84. The normalized spacial score (nSPS) is 10.5. The van der Waals surface area contributed by atoms with Crippen LogP contribution in [0.2, 0.25) is 5.28 Å². The Hall–Kier alpha value is -1.56. The van der Waals surface area contributed by atoms with Crippen molar-refractivity contribution in [3.05, 3.63) is 11.5 Å². The van der Waals surface area contributed by atoms with E-state index in [1.54, 1.807) is 4.90 Å². The van der Waals surface area contributed by atoms with E-state index >= 15 is 0 Å². The van der Waals surface area contributed by atoms with Gasteiger partial charge in [-0.3, -0.25) is 4.79 Å². The minimum atomic E-state index is -0.456. The fourth-order valence-corrected chi connectivity index (χ4v) is 1.39. The molecule has 0 aliphatic carbocycles. The molecule has 1 rings (SSSR count). The molecule has 88 valence electrons. The third-order valence-corrected chi connectivity index (χ3v) is 2.17. The summed E-state index contributed by atoms with van der Waals surface area (Å²) < 4.78 is 0. The van der Waals surface area contributed by atoms with Crippen molar-refractivity contribution in [1.29, 1.82) is 0 Å². The molecule has 1 aromatic heterocycles. The molecule has 0 aliphatic heterocycles. The topological polar surface area (TPSA) is 98.1 Å². The molecule has 0 unspecified atom stereocenters. The highest BCUT2D eigenvalue weighted by Crippen LogP contribution is 2.22. The number of aromatic nitrogens is 2. The highest BCUT2D eigenvalue weighted by molar-refractivity contribution is 6.28. The Morgan fingerprint density at radius 3 is 2.75 bits per heavy atom. The second kappa shape index (κ2) is 4.98. The largest absolute Gasteiger partial charge is 0.394 e. The molecule has 16 heavy (non-hydrogen) atoms. The van der Waals surface area contributed by atoms with Crippen LogP contribution in [0.15, 0.2) is 6.20 Å². The fourth-order valence-electron chi connectivity index (χ4n) is 1.26. The van der Waals surface area contributed by atoms with E-state index < -0.39 is 5.91 Å². The zero-order valence-electron chi connectivity index (χ0n) is 9.14. The Balaban J connectivity index is 3.09. The molecule has 0 saturated heterocycles. The first-order valence-corrected chi connectivity index (χ1v) is 5.12. The minimum Gasteiger partial charge on any atom is -0.394 e. The number of carbonyl (C=O) groups is 1. The molecule has 0 fully saturated rings. The van der Waals surface area contributed by atoms with Gasteiger partial charge in [-0.25, -0.2) is 4.98 Å². The van der Waals surface area contributed by atoms with Crippen LogP contribution < -0.4 is 16.4 Å². The standard InChI is InChI=1S/C9H14ClN5O/c1-5(2)15(4-7(12)16)8-6(11)3-13-9(10)14-8/h3,5H,4,11H2,1-2H3,(H2,12,16). The maximum atomic E-state index is 10.9. The van der Waals surface area contributed by atoms with Crippen molar-refractivity contribution in [3.8, 4) is 0 Å². The van der Waals surface area contributed by atoms with E-state index in [-0.39, 0.29) is 17.9 Å². The number of hydrogen-bond acceptors (Lipinski definition) is 5. The predicted octanol–water partition coefficient (Wildman–Crippen LogP) is 0.412. The van der Waals surface area contributed by atoms with Crippen LogP contribution in [0, 0.1) is 0 Å². The van der Waals surface area contributed by atoms with Crippen LogP contribution in [0.25, 0.3) is 0 Å². The van der Waals surface area contributed by atoms with Gasteiger partial charge in [-0.05, 0) is 25.4 Å². The number of nitrogens with two attached hydrogens (primary N) is 2. The summed E-state index contributed by atoms with van der Waals surface area (Å²) in [5.41, 5.74) is 11.2. The van der Waals surface area contributed by atoms with E-state index in [4.69, 9.17) is 23.1 Å². The van der Waals surface area contributed by atoms with E-state index in [9.17, 15) is 4.79 Å². The SMILES string of the molecule is CC(C)N(CC(N)=O)c1nc(Cl)ncc1N. The van der Waals surface area contributed by atoms with Crippen LogP contribution in [0.1, 0.15) is 13.8 Å². The van der Waals surface area contributed by atoms with Gasteiger partial charge in [0.15, 0.2) is 5.82 Å². The van der Waals surface area contributed by atoms with Gasteiger partial charge in [-0.2, -0.15) is 4.98 Å². The van der Waals surface area contributed by atoms with Gasteiger partial charge in [0.05, 0.1) is 18.4 Å². The fraction of sp³-hybridized carbons (Fsp3) is 0.444. The van der Waals surface area contributed by atoms with Crippen LogP contribution in [0.5, 0.6) is 0 Å². The molecule has 1 heterocycles. The number of nitrogens with zero attached hydrogens (tertiary/aromatic N) is 3. The van der Waals surface area contributed by atoms with Gasteiger partial charge >= 0.3 is 0 Å². The molecule has 0 aromatic carbocycles. The lowest BCUT2D eigenvalue weighted by Crippen LogP contribution is -2.39. The number of amides is 1. The first-order valence-electron chi connectivity index (χ1n) is 4.74. The van der Waals surface area contributed by atoms with Crippen LogP contribution >= 0.6 is 11.6 Å². The number of carbonyl (C=O) groups excluding carboxylic acids is 1. The van der Waals surface area contributed by atoms with Gasteiger partial charge in [0.1, 0.15) is 0 Å². The van der Waals surface area contributed by atoms with Crippen LogP contribution in [0.3, 0.4) is 0 Å². The molecule has 1 aromatic rings. The van der Waals surface area contributed by atoms with Gasteiger partial charge in [-0.1, -0.05) is 0 Å². The number of primary amides is 1. The molecule has 0 radical (unpaired) electrons. The quantitative estimate of drug-likeness (QED) is 0.747. The van der Waals surface area contributed by atoms with Crippen molar-refractivity contribution >= 4 is 29.0 Å². The monoisotopic (exact) mass is 243 g/mol. The van der Waals surface area contributed by atoms with E-state index in [1.165, 1.54) is 6.20 Å². The summed E-state index contributed by atoms with van der Waals surface area (Å²) in [5.74, 6) is -0.0309. The van der Waals surface area contributed by atoms with E-state index in [2.05, 4.69) is 9.97 Å². The van der Waals surface area contributed by atoms with E-state index in [1.807, 2.05) is 13.8 Å². The third kappa shape index (κ3) is 2.96. The summed E-state index contributed by atoms with van der Waals surface area (Å²) in [5, 5.41) is 0.0827. The van der Waals surface area contributed by atoms with Crippen molar-refractivity contribution in [1.82, 2.24) is 9.97 Å². The zero-order chi connectivity index (χ0) is 12.3. The van der Waals surface area contributed by atoms with Crippen LogP contribution in [0.4, 0.5) is 11.5 Å². The van der Waals surface area contributed by atoms with Crippen molar-refractivity contribution in [2.45, 2.75) is 19.9 Å². The number of halogens is 1. The molecular weight excluding hydrogens is 230 g/mol. The molecule has 0 atom stereocenters. The van der Waals surface area contributed by atoms with Gasteiger partial charge in [0, 0.05) is 6.04 Å². The molecule has 0 aliphatic rings. The first kappa shape index (κ1) is 12.5. The molecule has 0 spiro atoms. The molecular formula is C9H14ClN5O. The lowest BCUT2D eigenvalue weighted by molar-refractivity contribution is -0.116. The minimum absolute atomic E-state index is 0.0285. The Bertz CT molecular complexity index is 395. The number of nitrogen functional groups attached to an aromatic ring is 1. The van der Waals surface area contributed by atoms with Crippen molar-refractivity contribution < 1.29 is 4.79 Å². The van der Waals surface area contributed by atoms with Crippen molar-refractivity contribution in [3.63, 3.8) is 0 Å². The van der Waals surface area contributed by atoms with Crippen molar-refractivity contribution in [2.75, 3.05) is 17.2 Å². The number of rotatable bonds is 4. The summed E-state index contributed by atoms with van der Waals surface area (Å²) in [7, 11) is 0. The Morgan fingerprint density at radius 1 is 1.62 bits per heavy atom. The lowest BCUT2D eigenvalue weighted by atomic mass is 10.3. The maximum Gasteiger partial charge on any atom is 0.237 e. The number of hydrogen-bond donors (Lipinski definition) is 2. The summed E-state index contributed by atoms with van der Waals surface area (Å²) in [6, 6.07) is 0.0285. The summed E-state index contributed by atoms with van der Waals surface area (Å²) in [4.78, 5) is 20.4. The Kier molecular flexibility index (Phi) is 3.89. The van der Waals surface area contributed by atoms with Gasteiger partial charge < -0.3 is 16.4 Å². The average Bonchev–Trinajstić information content (AvgIpc) is 2.18. The molecule has 0 bridgehead atoms. The summed E-state index contributed by atoms with van der Waals surface area (Å²) >= 11 is 5.68. The van der Waals surface area contributed by atoms with E-state index in [0.717, 1.165) is 0 Å². The Morgan fingerprint density at radius 2 is 2.25 bits per heavy atom. The smallest absolute Gasteiger partial charge is 0.237 e. The zero-order valence-corrected chi connectivity index (χ0v) is 9.90. The molecule has 7 heteroatoms. The molecule has 1 amide bonds.